The van der Waals surface area contributed by atoms with Crippen molar-refractivity contribution in [3.05, 3.63) is 0 Å². The molecule has 0 aromatic rings. The minimum Gasteiger partial charge on any atom is -0.390 e. The lowest BCUT2D eigenvalue weighted by Crippen LogP contribution is -2.45. The molecule has 0 amide bonds. The van der Waals surface area contributed by atoms with E-state index in [-0.39, 0.29) is 5.60 Å². The molecule has 0 radical (unpaired) electrons. The van der Waals surface area contributed by atoms with Crippen molar-refractivity contribution in [2.45, 2.75) is 97.5 Å². The van der Waals surface area contributed by atoms with Gasteiger partial charge in [-0.3, -0.25) is 0 Å². The molecule has 0 spiro atoms. The standard InChI is InChI=1S/C18H36O/c1-5-6-7-8-9-10-13-18(19)14-16(4)11-12-17(18)15(2)3/h15-17,19H,5-14H2,1-4H3. The van der Waals surface area contributed by atoms with Crippen molar-refractivity contribution < 1.29 is 5.11 Å². The number of rotatable bonds is 8. The van der Waals surface area contributed by atoms with Crippen molar-refractivity contribution in [1.29, 1.82) is 0 Å². The van der Waals surface area contributed by atoms with E-state index in [0.717, 1.165) is 12.8 Å². The molecule has 0 saturated heterocycles. The van der Waals surface area contributed by atoms with Gasteiger partial charge in [-0.05, 0) is 37.0 Å². The van der Waals surface area contributed by atoms with Crippen molar-refractivity contribution in [3.8, 4) is 0 Å². The van der Waals surface area contributed by atoms with Crippen molar-refractivity contribution in [2.24, 2.45) is 17.8 Å². The molecule has 1 aliphatic carbocycles. The van der Waals surface area contributed by atoms with Crippen LogP contribution >= 0.6 is 0 Å². The van der Waals surface area contributed by atoms with Gasteiger partial charge >= 0.3 is 0 Å². The molecule has 0 heterocycles. The summed E-state index contributed by atoms with van der Waals surface area (Å²) >= 11 is 0. The third-order valence-corrected chi connectivity index (χ3v) is 5.13. The van der Waals surface area contributed by atoms with Crippen molar-refractivity contribution in [3.63, 3.8) is 0 Å². The highest BCUT2D eigenvalue weighted by Gasteiger charge is 2.41. The molecule has 1 saturated carbocycles. The lowest BCUT2D eigenvalue weighted by atomic mass is 9.65. The minimum atomic E-state index is -0.364. The normalized spacial score (nSPS) is 31.9. The van der Waals surface area contributed by atoms with Gasteiger partial charge in [0.2, 0.25) is 0 Å². The average molecular weight is 268 g/mol. The van der Waals surface area contributed by atoms with E-state index in [0.29, 0.717) is 17.8 Å². The van der Waals surface area contributed by atoms with Crippen molar-refractivity contribution in [1.82, 2.24) is 0 Å². The Hall–Kier alpha value is -0.0400. The fourth-order valence-electron chi connectivity index (χ4n) is 4.04. The second kappa shape index (κ2) is 8.29. The fourth-order valence-corrected chi connectivity index (χ4v) is 4.04. The maximum Gasteiger partial charge on any atom is 0.0680 e. The third kappa shape index (κ3) is 5.45. The lowest BCUT2D eigenvalue weighted by molar-refractivity contribution is -0.0871. The Labute approximate surface area is 121 Å². The van der Waals surface area contributed by atoms with Crippen LogP contribution in [0.1, 0.15) is 91.9 Å². The molecule has 0 aliphatic heterocycles. The Balaban J connectivity index is 2.37. The van der Waals surface area contributed by atoms with Gasteiger partial charge in [-0.25, -0.2) is 0 Å². The predicted octanol–water partition coefficient (Wildman–Crippen LogP) is 5.56. The maximum absolute atomic E-state index is 11.1. The first kappa shape index (κ1) is 17.0. The van der Waals surface area contributed by atoms with Crippen molar-refractivity contribution in [2.75, 3.05) is 0 Å². The van der Waals surface area contributed by atoms with Gasteiger partial charge in [0.25, 0.3) is 0 Å². The second-order valence-electron chi connectivity index (χ2n) is 7.36. The quantitative estimate of drug-likeness (QED) is 0.571. The van der Waals surface area contributed by atoms with Crippen LogP contribution in [0.4, 0.5) is 0 Å². The summed E-state index contributed by atoms with van der Waals surface area (Å²) in [6.07, 6.45) is 12.5. The zero-order valence-corrected chi connectivity index (χ0v) is 13.8. The molecule has 1 nitrogen and oxygen atoms in total. The highest BCUT2D eigenvalue weighted by atomic mass is 16.3. The Morgan fingerprint density at radius 3 is 2.32 bits per heavy atom. The zero-order chi connectivity index (χ0) is 14.3. The molecular weight excluding hydrogens is 232 g/mol. The Morgan fingerprint density at radius 2 is 1.68 bits per heavy atom. The zero-order valence-electron chi connectivity index (χ0n) is 13.8. The molecule has 0 aromatic carbocycles. The number of aliphatic hydroxyl groups is 1. The van der Waals surface area contributed by atoms with E-state index < -0.39 is 0 Å². The van der Waals surface area contributed by atoms with E-state index >= 15 is 0 Å². The van der Waals surface area contributed by atoms with Crippen LogP contribution in [0.15, 0.2) is 0 Å². The monoisotopic (exact) mass is 268 g/mol. The Morgan fingerprint density at radius 1 is 1.05 bits per heavy atom. The molecule has 114 valence electrons. The highest BCUT2D eigenvalue weighted by molar-refractivity contribution is 4.93. The molecule has 1 rings (SSSR count). The van der Waals surface area contributed by atoms with Gasteiger partial charge in [-0.1, -0.05) is 72.6 Å². The molecule has 19 heavy (non-hydrogen) atoms. The topological polar surface area (TPSA) is 20.2 Å². The van der Waals surface area contributed by atoms with E-state index in [9.17, 15) is 5.11 Å². The van der Waals surface area contributed by atoms with Crippen LogP contribution in [0.3, 0.4) is 0 Å². The second-order valence-corrected chi connectivity index (χ2v) is 7.36. The molecule has 3 atom stereocenters. The lowest BCUT2D eigenvalue weighted by Gasteiger charge is -2.45. The van der Waals surface area contributed by atoms with Gasteiger partial charge < -0.3 is 5.11 Å². The summed E-state index contributed by atoms with van der Waals surface area (Å²) in [7, 11) is 0. The number of hydrogen-bond acceptors (Lipinski definition) is 1. The molecule has 0 aromatic heterocycles. The van der Waals surface area contributed by atoms with E-state index in [4.69, 9.17) is 0 Å². The fraction of sp³-hybridized carbons (Fsp3) is 1.00. The van der Waals surface area contributed by atoms with Crippen LogP contribution in [0.2, 0.25) is 0 Å². The van der Waals surface area contributed by atoms with Crippen LogP contribution in [0.5, 0.6) is 0 Å². The summed E-state index contributed by atoms with van der Waals surface area (Å²) < 4.78 is 0. The predicted molar refractivity (Wildman–Crippen MR) is 84.3 cm³/mol. The first-order valence-electron chi connectivity index (χ1n) is 8.72. The number of hydrogen-bond donors (Lipinski definition) is 1. The van der Waals surface area contributed by atoms with E-state index in [1.165, 1.54) is 51.4 Å². The van der Waals surface area contributed by atoms with Gasteiger partial charge in [0.05, 0.1) is 5.60 Å². The van der Waals surface area contributed by atoms with Crippen LogP contribution in [0.25, 0.3) is 0 Å². The molecule has 1 aliphatic rings. The molecular formula is C18H36O. The summed E-state index contributed by atoms with van der Waals surface area (Å²) in [6.45, 7) is 9.14. The smallest absolute Gasteiger partial charge is 0.0680 e. The Kier molecular flexibility index (Phi) is 7.42. The molecule has 0 bridgehead atoms. The maximum atomic E-state index is 11.1. The van der Waals surface area contributed by atoms with E-state index in [2.05, 4.69) is 27.7 Å². The van der Waals surface area contributed by atoms with E-state index in [1.54, 1.807) is 0 Å². The largest absolute Gasteiger partial charge is 0.390 e. The Bertz CT molecular complexity index is 236. The summed E-state index contributed by atoms with van der Waals surface area (Å²) in [5.41, 5.74) is -0.364. The molecule has 1 N–H and O–H groups in total. The third-order valence-electron chi connectivity index (χ3n) is 5.13. The molecule has 1 heteroatoms. The van der Waals surface area contributed by atoms with Gasteiger partial charge in [0.1, 0.15) is 0 Å². The summed E-state index contributed by atoms with van der Waals surface area (Å²) in [6, 6.07) is 0. The van der Waals surface area contributed by atoms with E-state index in [1.807, 2.05) is 0 Å². The number of unbranched alkanes of at least 4 members (excludes halogenated alkanes) is 5. The molecule has 1 fully saturated rings. The summed E-state index contributed by atoms with van der Waals surface area (Å²) in [4.78, 5) is 0. The minimum absolute atomic E-state index is 0.364. The van der Waals surface area contributed by atoms with Crippen LogP contribution in [-0.4, -0.2) is 10.7 Å². The van der Waals surface area contributed by atoms with Crippen LogP contribution < -0.4 is 0 Å². The van der Waals surface area contributed by atoms with Gasteiger partial charge in [-0.15, -0.1) is 0 Å². The first-order chi connectivity index (χ1) is 8.99. The van der Waals surface area contributed by atoms with Crippen molar-refractivity contribution >= 4 is 0 Å². The average Bonchev–Trinajstić information content (AvgIpc) is 2.33. The van der Waals surface area contributed by atoms with Crippen LogP contribution in [-0.2, 0) is 0 Å². The van der Waals surface area contributed by atoms with Gasteiger partial charge in [0, 0.05) is 0 Å². The summed E-state index contributed by atoms with van der Waals surface area (Å²) in [5, 5.41) is 11.1. The van der Waals surface area contributed by atoms with Crippen LogP contribution in [0, 0.1) is 17.8 Å². The first-order valence-corrected chi connectivity index (χ1v) is 8.72. The summed E-state index contributed by atoms with van der Waals surface area (Å²) in [5.74, 6) is 1.86. The SMILES string of the molecule is CCCCCCCCC1(O)CC(C)CCC1C(C)C. The van der Waals surface area contributed by atoms with Gasteiger partial charge in [0.15, 0.2) is 0 Å². The van der Waals surface area contributed by atoms with Gasteiger partial charge in [-0.2, -0.15) is 0 Å². The highest BCUT2D eigenvalue weighted by Crippen LogP contribution is 2.43. The molecule has 3 unspecified atom stereocenters.